The van der Waals surface area contributed by atoms with Gasteiger partial charge in [0.25, 0.3) is 0 Å². The van der Waals surface area contributed by atoms with Crippen molar-refractivity contribution in [2.75, 3.05) is 12.8 Å². The molecule has 1 atom stereocenters. The normalized spacial score (nSPS) is 14.8. The van der Waals surface area contributed by atoms with Crippen LogP contribution in [0.1, 0.15) is 0 Å². The Morgan fingerprint density at radius 1 is 1.38 bits per heavy atom. The van der Waals surface area contributed by atoms with E-state index in [1.165, 1.54) is 6.66 Å². The van der Waals surface area contributed by atoms with E-state index in [1.54, 1.807) is 24.3 Å². The van der Waals surface area contributed by atoms with Crippen LogP contribution < -0.4 is 5.30 Å². The molecular weight excluding hydrogens is 187 g/mol. The SMILES string of the molecule is C[P@@](=O)(CC(=O)O)c1ccccc1. The highest BCUT2D eigenvalue weighted by Crippen LogP contribution is 2.38. The lowest BCUT2D eigenvalue weighted by atomic mass is 10.4. The highest BCUT2D eigenvalue weighted by atomic mass is 31.2. The van der Waals surface area contributed by atoms with Crippen LogP contribution in [0.2, 0.25) is 0 Å². The fourth-order valence-electron chi connectivity index (χ4n) is 1.09. The van der Waals surface area contributed by atoms with Crippen LogP contribution in [0.15, 0.2) is 30.3 Å². The summed E-state index contributed by atoms with van der Waals surface area (Å²) >= 11 is 0. The van der Waals surface area contributed by atoms with Gasteiger partial charge < -0.3 is 9.67 Å². The van der Waals surface area contributed by atoms with Crippen molar-refractivity contribution in [3.8, 4) is 0 Å². The van der Waals surface area contributed by atoms with Gasteiger partial charge in [-0.2, -0.15) is 0 Å². The van der Waals surface area contributed by atoms with Crippen LogP contribution >= 0.6 is 7.14 Å². The molecule has 0 aliphatic heterocycles. The molecule has 13 heavy (non-hydrogen) atoms. The topological polar surface area (TPSA) is 54.4 Å². The number of carbonyl (C=O) groups is 1. The maximum Gasteiger partial charge on any atom is 0.311 e. The van der Waals surface area contributed by atoms with Crippen LogP contribution in [0.3, 0.4) is 0 Å². The fraction of sp³-hybridized carbons (Fsp3) is 0.222. The van der Waals surface area contributed by atoms with Crippen LogP contribution in [0.4, 0.5) is 0 Å². The zero-order valence-corrected chi connectivity index (χ0v) is 8.20. The third-order valence-electron chi connectivity index (χ3n) is 1.74. The van der Waals surface area contributed by atoms with Gasteiger partial charge in [0.2, 0.25) is 0 Å². The van der Waals surface area contributed by atoms with Crippen molar-refractivity contribution in [2.24, 2.45) is 0 Å². The molecule has 0 radical (unpaired) electrons. The predicted molar refractivity (Wildman–Crippen MR) is 52.1 cm³/mol. The van der Waals surface area contributed by atoms with E-state index in [0.717, 1.165) is 0 Å². The van der Waals surface area contributed by atoms with Crippen LogP contribution in [-0.2, 0) is 9.36 Å². The maximum absolute atomic E-state index is 11.8. The van der Waals surface area contributed by atoms with Gasteiger partial charge in [-0.25, -0.2) is 0 Å². The van der Waals surface area contributed by atoms with Crippen molar-refractivity contribution >= 4 is 18.4 Å². The zero-order valence-electron chi connectivity index (χ0n) is 7.30. The van der Waals surface area contributed by atoms with Crippen molar-refractivity contribution < 1.29 is 14.5 Å². The summed E-state index contributed by atoms with van der Waals surface area (Å²) in [7, 11) is -2.70. The molecule has 0 unspecified atom stereocenters. The number of rotatable bonds is 3. The van der Waals surface area contributed by atoms with E-state index in [0.29, 0.717) is 5.30 Å². The lowest BCUT2D eigenvalue weighted by molar-refractivity contribution is -0.134. The first-order valence-electron chi connectivity index (χ1n) is 3.86. The average molecular weight is 198 g/mol. The minimum Gasteiger partial charge on any atom is -0.481 e. The summed E-state index contributed by atoms with van der Waals surface area (Å²) in [6, 6.07) is 8.72. The van der Waals surface area contributed by atoms with Gasteiger partial charge in [0.1, 0.15) is 13.3 Å². The number of aliphatic carboxylic acids is 1. The van der Waals surface area contributed by atoms with E-state index < -0.39 is 13.1 Å². The molecule has 0 bridgehead atoms. The van der Waals surface area contributed by atoms with E-state index in [4.69, 9.17) is 5.11 Å². The Morgan fingerprint density at radius 2 is 1.92 bits per heavy atom. The fourth-order valence-corrected chi connectivity index (χ4v) is 2.59. The quantitative estimate of drug-likeness (QED) is 0.746. The molecule has 0 aliphatic rings. The molecular formula is C9H11O3P. The summed E-state index contributed by atoms with van der Waals surface area (Å²) in [6.45, 7) is 1.50. The van der Waals surface area contributed by atoms with Gasteiger partial charge in [-0.3, -0.25) is 4.79 Å². The molecule has 1 rings (SSSR count). The number of carboxylic acid groups (broad SMARTS) is 1. The van der Waals surface area contributed by atoms with Crippen LogP contribution in [0, 0.1) is 0 Å². The van der Waals surface area contributed by atoms with E-state index >= 15 is 0 Å². The van der Waals surface area contributed by atoms with Gasteiger partial charge >= 0.3 is 5.97 Å². The van der Waals surface area contributed by atoms with Gasteiger partial charge in [0.15, 0.2) is 0 Å². The second-order valence-corrected chi connectivity index (χ2v) is 6.02. The lowest BCUT2D eigenvalue weighted by Crippen LogP contribution is -2.12. The van der Waals surface area contributed by atoms with Gasteiger partial charge in [-0.1, -0.05) is 30.3 Å². The third-order valence-corrected chi connectivity index (χ3v) is 4.00. The Morgan fingerprint density at radius 3 is 2.38 bits per heavy atom. The Hall–Kier alpha value is -1.08. The molecule has 3 nitrogen and oxygen atoms in total. The summed E-state index contributed by atoms with van der Waals surface area (Å²) < 4.78 is 11.8. The Labute approximate surface area is 76.8 Å². The molecule has 0 saturated heterocycles. The van der Waals surface area contributed by atoms with E-state index in [2.05, 4.69) is 0 Å². The number of hydrogen-bond acceptors (Lipinski definition) is 2. The molecule has 1 aromatic rings. The zero-order chi connectivity index (χ0) is 9.90. The summed E-state index contributed by atoms with van der Waals surface area (Å²) in [5.41, 5.74) is 0. The highest BCUT2D eigenvalue weighted by Gasteiger charge is 2.21. The average Bonchev–Trinajstić information content (AvgIpc) is 2.04. The monoisotopic (exact) mass is 198 g/mol. The number of benzene rings is 1. The minimum atomic E-state index is -2.70. The summed E-state index contributed by atoms with van der Waals surface area (Å²) in [4.78, 5) is 10.4. The molecule has 0 fully saturated rings. The van der Waals surface area contributed by atoms with Crippen LogP contribution in [-0.4, -0.2) is 23.9 Å². The van der Waals surface area contributed by atoms with Crippen LogP contribution in [0.5, 0.6) is 0 Å². The Bertz CT molecular complexity index is 345. The van der Waals surface area contributed by atoms with E-state index in [1.807, 2.05) is 6.07 Å². The van der Waals surface area contributed by atoms with E-state index in [-0.39, 0.29) is 6.16 Å². The summed E-state index contributed by atoms with van der Waals surface area (Å²) in [5, 5.41) is 9.16. The molecule has 0 saturated carbocycles. The second kappa shape index (κ2) is 3.75. The van der Waals surface area contributed by atoms with Crippen molar-refractivity contribution in [3.63, 3.8) is 0 Å². The van der Waals surface area contributed by atoms with Gasteiger partial charge in [0, 0.05) is 5.30 Å². The standard InChI is InChI=1S/C9H11O3P/c1-13(12,7-9(10)11)8-5-3-2-4-6-8/h2-6H,7H2,1H3,(H,10,11)/t13-/m1/s1. The Kier molecular flexibility index (Phi) is 2.89. The van der Waals surface area contributed by atoms with Gasteiger partial charge in [-0.15, -0.1) is 0 Å². The highest BCUT2D eigenvalue weighted by molar-refractivity contribution is 7.71. The lowest BCUT2D eigenvalue weighted by Gasteiger charge is -2.09. The largest absolute Gasteiger partial charge is 0.481 e. The molecule has 0 amide bonds. The molecule has 4 heteroatoms. The van der Waals surface area contributed by atoms with Crippen molar-refractivity contribution in [2.45, 2.75) is 0 Å². The molecule has 70 valence electrons. The summed E-state index contributed by atoms with van der Waals surface area (Å²) in [5.74, 6) is -1.02. The maximum atomic E-state index is 11.8. The smallest absolute Gasteiger partial charge is 0.311 e. The van der Waals surface area contributed by atoms with Crippen LogP contribution in [0.25, 0.3) is 0 Å². The van der Waals surface area contributed by atoms with Gasteiger partial charge in [-0.05, 0) is 6.66 Å². The molecule has 1 aromatic carbocycles. The molecule has 0 heterocycles. The number of hydrogen-bond donors (Lipinski definition) is 1. The first kappa shape index (κ1) is 10.0. The first-order valence-corrected chi connectivity index (χ1v) is 6.20. The minimum absolute atomic E-state index is 0.281. The van der Waals surface area contributed by atoms with Gasteiger partial charge in [0.05, 0.1) is 0 Å². The van der Waals surface area contributed by atoms with E-state index in [9.17, 15) is 9.36 Å². The third kappa shape index (κ3) is 2.71. The first-order chi connectivity index (χ1) is 6.02. The Balaban J connectivity index is 2.95. The van der Waals surface area contributed by atoms with Crippen molar-refractivity contribution in [3.05, 3.63) is 30.3 Å². The van der Waals surface area contributed by atoms with Crippen molar-refractivity contribution in [1.82, 2.24) is 0 Å². The predicted octanol–water partition coefficient (Wildman–Crippen LogP) is 1.39. The number of carboxylic acids is 1. The molecule has 0 spiro atoms. The molecule has 1 N–H and O–H groups in total. The molecule has 0 aliphatic carbocycles. The summed E-state index contributed by atoms with van der Waals surface area (Å²) in [6.07, 6.45) is -0.281. The second-order valence-electron chi connectivity index (χ2n) is 2.99. The van der Waals surface area contributed by atoms with Crippen molar-refractivity contribution in [1.29, 1.82) is 0 Å². The molecule has 0 aromatic heterocycles.